The molecule has 0 aliphatic heterocycles. The molecule has 0 saturated heterocycles. The normalized spacial score (nSPS) is 10.0. The van der Waals surface area contributed by atoms with E-state index in [2.05, 4.69) is 12.2 Å². The van der Waals surface area contributed by atoms with Gasteiger partial charge < -0.3 is 10.1 Å². The zero-order valence-corrected chi connectivity index (χ0v) is 12.1. The van der Waals surface area contributed by atoms with Crippen molar-refractivity contribution >= 4 is 17.6 Å². The van der Waals surface area contributed by atoms with Gasteiger partial charge in [-0.1, -0.05) is 19.1 Å². The van der Waals surface area contributed by atoms with E-state index >= 15 is 0 Å². The van der Waals surface area contributed by atoms with Gasteiger partial charge in [0.25, 0.3) is 0 Å². The lowest BCUT2D eigenvalue weighted by Crippen LogP contribution is -2.09. The molecule has 0 radical (unpaired) electrons. The van der Waals surface area contributed by atoms with Gasteiger partial charge in [0.05, 0.1) is 5.56 Å². The van der Waals surface area contributed by atoms with E-state index in [1.165, 1.54) is 12.5 Å². The quantitative estimate of drug-likeness (QED) is 0.691. The number of ether oxygens (including phenoxy) is 1. The molecule has 4 heteroatoms. The summed E-state index contributed by atoms with van der Waals surface area (Å²) in [6.45, 7) is 3.50. The van der Waals surface area contributed by atoms with Crippen LogP contribution in [-0.2, 0) is 11.2 Å². The first-order chi connectivity index (χ1) is 10.1. The van der Waals surface area contributed by atoms with Crippen molar-refractivity contribution in [1.82, 2.24) is 0 Å². The van der Waals surface area contributed by atoms with Gasteiger partial charge in [0.2, 0.25) is 5.91 Å². The maximum Gasteiger partial charge on any atom is 0.343 e. The highest BCUT2D eigenvalue weighted by molar-refractivity contribution is 5.91. The van der Waals surface area contributed by atoms with E-state index in [4.69, 9.17) is 4.74 Å². The van der Waals surface area contributed by atoms with Crippen molar-refractivity contribution in [1.29, 1.82) is 0 Å². The predicted octanol–water partition coefficient (Wildman–Crippen LogP) is 3.43. The predicted molar refractivity (Wildman–Crippen MR) is 81.5 cm³/mol. The number of benzene rings is 2. The summed E-state index contributed by atoms with van der Waals surface area (Å²) in [4.78, 5) is 22.9. The van der Waals surface area contributed by atoms with Gasteiger partial charge in [-0.2, -0.15) is 0 Å². The summed E-state index contributed by atoms with van der Waals surface area (Å²) in [5.41, 5.74) is 2.35. The second-order valence-electron chi connectivity index (χ2n) is 4.65. The van der Waals surface area contributed by atoms with E-state index in [0.717, 1.165) is 6.42 Å². The van der Waals surface area contributed by atoms with Crippen molar-refractivity contribution < 1.29 is 14.3 Å². The van der Waals surface area contributed by atoms with Crippen LogP contribution in [0.3, 0.4) is 0 Å². The lowest BCUT2D eigenvalue weighted by atomic mass is 10.1. The van der Waals surface area contributed by atoms with E-state index in [1.807, 2.05) is 12.1 Å². The van der Waals surface area contributed by atoms with E-state index in [-0.39, 0.29) is 5.91 Å². The Morgan fingerprint density at radius 1 is 1.00 bits per heavy atom. The SMILES string of the molecule is CCc1ccc(C(=O)Oc2ccc(NC(C)=O)cc2)cc1. The summed E-state index contributed by atoms with van der Waals surface area (Å²) in [7, 11) is 0. The van der Waals surface area contributed by atoms with Crippen LogP contribution in [0.5, 0.6) is 5.75 Å². The molecule has 1 amide bonds. The number of rotatable bonds is 4. The van der Waals surface area contributed by atoms with E-state index < -0.39 is 5.97 Å². The number of nitrogens with one attached hydrogen (secondary N) is 1. The maximum absolute atomic E-state index is 12.0. The molecule has 2 aromatic carbocycles. The van der Waals surface area contributed by atoms with Gasteiger partial charge in [0.15, 0.2) is 0 Å². The van der Waals surface area contributed by atoms with Gasteiger partial charge in [0, 0.05) is 12.6 Å². The van der Waals surface area contributed by atoms with Crippen LogP contribution in [0.2, 0.25) is 0 Å². The molecule has 0 atom stereocenters. The van der Waals surface area contributed by atoms with Gasteiger partial charge in [-0.25, -0.2) is 4.79 Å². The minimum atomic E-state index is -0.398. The van der Waals surface area contributed by atoms with Crippen LogP contribution in [0.1, 0.15) is 29.8 Å². The fourth-order valence-corrected chi connectivity index (χ4v) is 1.85. The van der Waals surface area contributed by atoms with Crippen LogP contribution >= 0.6 is 0 Å². The standard InChI is InChI=1S/C17H17NO3/c1-3-13-4-6-14(7-5-13)17(20)21-16-10-8-15(9-11-16)18-12(2)19/h4-11H,3H2,1-2H3,(H,18,19). The molecule has 2 aromatic rings. The van der Waals surface area contributed by atoms with Gasteiger partial charge >= 0.3 is 5.97 Å². The average Bonchev–Trinajstić information content (AvgIpc) is 2.49. The van der Waals surface area contributed by atoms with Crippen molar-refractivity contribution in [2.45, 2.75) is 20.3 Å². The Kier molecular flexibility index (Phi) is 4.72. The third kappa shape index (κ3) is 4.18. The zero-order chi connectivity index (χ0) is 15.2. The molecule has 0 saturated carbocycles. The second kappa shape index (κ2) is 6.70. The molecule has 0 fully saturated rings. The number of esters is 1. The molecule has 0 aliphatic carbocycles. The molecule has 0 spiro atoms. The van der Waals surface area contributed by atoms with E-state index in [1.54, 1.807) is 36.4 Å². The number of anilines is 1. The molecule has 1 N–H and O–H groups in total. The fraction of sp³-hybridized carbons (Fsp3) is 0.176. The Morgan fingerprint density at radius 2 is 1.62 bits per heavy atom. The van der Waals surface area contributed by atoms with Crippen LogP contribution in [0.15, 0.2) is 48.5 Å². The Morgan fingerprint density at radius 3 is 2.14 bits per heavy atom. The largest absolute Gasteiger partial charge is 0.423 e. The topological polar surface area (TPSA) is 55.4 Å². The molecule has 4 nitrogen and oxygen atoms in total. The summed E-state index contributed by atoms with van der Waals surface area (Å²) in [6, 6.07) is 14.0. The molecule has 0 heterocycles. The number of carbonyl (C=O) groups excluding carboxylic acids is 2. The molecule has 0 aliphatic rings. The van der Waals surface area contributed by atoms with Crippen molar-refractivity contribution in [2.75, 3.05) is 5.32 Å². The summed E-state index contributed by atoms with van der Waals surface area (Å²) in [5, 5.41) is 2.65. The Hall–Kier alpha value is -2.62. The third-order valence-corrected chi connectivity index (χ3v) is 2.98. The molecule has 21 heavy (non-hydrogen) atoms. The first-order valence-electron chi connectivity index (χ1n) is 6.77. The maximum atomic E-state index is 12.0. The molecule has 2 rings (SSSR count). The van der Waals surface area contributed by atoms with Crippen LogP contribution in [0.4, 0.5) is 5.69 Å². The van der Waals surface area contributed by atoms with Gasteiger partial charge in [-0.15, -0.1) is 0 Å². The number of amides is 1. The van der Waals surface area contributed by atoms with Gasteiger partial charge in [0.1, 0.15) is 5.75 Å². The van der Waals surface area contributed by atoms with Gasteiger partial charge in [-0.3, -0.25) is 4.79 Å². The lowest BCUT2D eigenvalue weighted by molar-refractivity contribution is -0.114. The van der Waals surface area contributed by atoms with Gasteiger partial charge in [-0.05, 0) is 48.4 Å². The van der Waals surface area contributed by atoms with Crippen molar-refractivity contribution in [2.24, 2.45) is 0 Å². The molecule has 108 valence electrons. The van der Waals surface area contributed by atoms with Crippen LogP contribution in [0, 0.1) is 0 Å². The number of hydrogen-bond donors (Lipinski definition) is 1. The average molecular weight is 283 g/mol. The van der Waals surface area contributed by atoms with Crippen LogP contribution in [0.25, 0.3) is 0 Å². The van der Waals surface area contributed by atoms with E-state index in [0.29, 0.717) is 17.0 Å². The smallest absolute Gasteiger partial charge is 0.343 e. The second-order valence-corrected chi connectivity index (χ2v) is 4.65. The number of hydrogen-bond acceptors (Lipinski definition) is 3. The molecule has 0 bridgehead atoms. The number of carbonyl (C=O) groups is 2. The lowest BCUT2D eigenvalue weighted by Gasteiger charge is -2.06. The number of aryl methyl sites for hydroxylation is 1. The highest BCUT2D eigenvalue weighted by Gasteiger charge is 2.08. The monoisotopic (exact) mass is 283 g/mol. The van der Waals surface area contributed by atoms with Crippen LogP contribution < -0.4 is 10.1 Å². The summed E-state index contributed by atoms with van der Waals surface area (Å²) < 4.78 is 5.28. The molecular formula is C17H17NO3. The summed E-state index contributed by atoms with van der Waals surface area (Å²) in [6.07, 6.45) is 0.930. The van der Waals surface area contributed by atoms with Crippen LogP contribution in [-0.4, -0.2) is 11.9 Å². The zero-order valence-electron chi connectivity index (χ0n) is 12.1. The molecule has 0 unspecified atom stereocenters. The Balaban J connectivity index is 2.03. The highest BCUT2D eigenvalue weighted by atomic mass is 16.5. The summed E-state index contributed by atoms with van der Waals surface area (Å²) in [5.74, 6) is -0.102. The molecular weight excluding hydrogens is 266 g/mol. The van der Waals surface area contributed by atoms with Crippen molar-refractivity contribution in [3.8, 4) is 5.75 Å². The highest BCUT2D eigenvalue weighted by Crippen LogP contribution is 2.17. The first kappa shape index (κ1) is 14.8. The first-order valence-corrected chi connectivity index (χ1v) is 6.77. The summed E-state index contributed by atoms with van der Waals surface area (Å²) >= 11 is 0. The van der Waals surface area contributed by atoms with Crippen molar-refractivity contribution in [3.05, 3.63) is 59.7 Å². The molecule has 0 aromatic heterocycles. The van der Waals surface area contributed by atoms with E-state index in [9.17, 15) is 9.59 Å². The Bertz CT molecular complexity index is 630. The minimum Gasteiger partial charge on any atom is -0.423 e. The Labute approximate surface area is 123 Å². The minimum absolute atomic E-state index is 0.143. The third-order valence-electron chi connectivity index (χ3n) is 2.98. The van der Waals surface area contributed by atoms with Crippen molar-refractivity contribution in [3.63, 3.8) is 0 Å². The fourth-order valence-electron chi connectivity index (χ4n) is 1.85.